The average Bonchev–Trinajstić information content (AvgIpc) is 2.15. The van der Waals surface area contributed by atoms with Crippen LogP contribution < -0.4 is 0 Å². The van der Waals surface area contributed by atoms with E-state index in [4.69, 9.17) is 10.5 Å². The fourth-order valence-electron chi connectivity index (χ4n) is 0.647. The summed E-state index contributed by atoms with van der Waals surface area (Å²) in [5, 5.41) is 15.9. The molecule has 0 fully saturated rings. The normalized spacial score (nSPS) is 8.07. The average molecular weight is 247 g/mol. The van der Waals surface area contributed by atoms with Crippen LogP contribution in [0.4, 0.5) is 0 Å². The molecule has 0 bridgehead atoms. The predicted molar refractivity (Wildman–Crippen MR) is 52.8 cm³/mol. The Labute approximate surface area is 87.8 Å². The van der Waals surface area contributed by atoms with E-state index in [0.717, 1.165) is 9.80 Å². The zero-order chi connectivity index (χ0) is 11.8. The van der Waals surface area contributed by atoms with Crippen LogP contribution in [0.25, 0.3) is 0 Å². The van der Waals surface area contributed by atoms with Gasteiger partial charge in [-0.15, -0.1) is 0 Å². The minimum absolute atomic E-state index is 0.343. The van der Waals surface area contributed by atoms with Gasteiger partial charge in [0.15, 0.2) is 0 Å². The number of aliphatic carboxylic acids is 1. The molecule has 0 saturated carbocycles. The number of carboxylic acid groups (broad SMARTS) is 1. The first-order valence-corrected chi connectivity index (χ1v) is 5.13. The third kappa shape index (κ3) is 5.26. The van der Waals surface area contributed by atoms with Gasteiger partial charge in [-0.2, -0.15) is 0 Å². The molecule has 15 heavy (non-hydrogen) atoms. The number of likely N-dealkylation sites (N-methyl/N-ethyl adjacent to an activating group) is 1. The van der Waals surface area contributed by atoms with Gasteiger partial charge in [-0.1, -0.05) is 0 Å². The summed E-state index contributed by atoms with van der Waals surface area (Å²) >= 11 is 0. The van der Waals surface area contributed by atoms with E-state index in [-0.39, 0.29) is 5.96 Å². The molecular formula is C6H7N3O4P2. The molecule has 0 unspecified atom stereocenters. The van der Waals surface area contributed by atoms with Gasteiger partial charge in [-0.05, 0) is 0 Å². The van der Waals surface area contributed by atoms with E-state index >= 15 is 0 Å². The zero-order valence-electron chi connectivity index (χ0n) is 7.67. The zero-order valence-corrected chi connectivity index (χ0v) is 9.46. The summed E-state index contributed by atoms with van der Waals surface area (Å²) in [6.45, 7) is -0.413. The maximum atomic E-state index is 10.3. The van der Waals surface area contributed by atoms with E-state index in [9.17, 15) is 13.9 Å². The Bertz CT molecular complexity index is 437. The van der Waals surface area contributed by atoms with E-state index in [1.165, 1.54) is 7.05 Å². The molecule has 0 rings (SSSR count). The summed E-state index contributed by atoms with van der Waals surface area (Å²) < 4.78 is 20.4. The molecule has 0 aliphatic rings. The SMILES string of the molecule is CN(CC(=O)O)C(=N)N(C#P=O)C#P=O. The van der Waals surface area contributed by atoms with Gasteiger partial charge in [0.05, 0.1) is 0 Å². The molecule has 80 valence electrons. The summed E-state index contributed by atoms with van der Waals surface area (Å²) in [5.74, 6) is 2.75. The number of nitrogens with one attached hydrogen (secondary N) is 1. The Morgan fingerprint density at radius 3 is 2.20 bits per heavy atom. The second kappa shape index (κ2) is 7.10. The molecule has 0 aliphatic carbocycles. The van der Waals surface area contributed by atoms with Crippen LogP contribution in [0.3, 0.4) is 0 Å². The van der Waals surface area contributed by atoms with Crippen LogP contribution in [0.5, 0.6) is 0 Å². The van der Waals surface area contributed by atoms with Crippen LogP contribution in [0.2, 0.25) is 0 Å². The van der Waals surface area contributed by atoms with Gasteiger partial charge in [0.25, 0.3) is 0 Å². The summed E-state index contributed by atoms with van der Waals surface area (Å²) in [5.41, 5.74) is 0. The van der Waals surface area contributed by atoms with Gasteiger partial charge < -0.3 is 0 Å². The number of hydrogen-bond donors (Lipinski definition) is 2. The molecular weight excluding hydrogens is 240 g/mol. The Morgan fingerprint density at radius 1 is 1.40 bits per heavy atom. The number of carbonyl (C=O) groups is 1. The van der Waals surface area contributed by atoms with Crippen LogP contribution in [0.15, 0.2) is 0 Å². The van der Waals surface area contributed by atoms with Crippen molar-refractivity contribution in [3.8, 4) is 11.5 Å². The van der Waals surface area contributed by atoms with Crippen molar-refractivity contribution >= 4 is 27.8 Å². The molecule has 7 nitrogen and oxygen atoms in total. The topological polar surface area (TPSA) is 102 Å². The fraction of sp³-hybridized carbons (Fsp3) is 0.333. The Hall–Kier alpha value is -1.24. The molecule has 0 aromatic heterocycles. The molecule has 0 aliphatic heterocycles. The molecule has 0 aromatic rings. The van der Waals surface area contributed by atoms with Crippen molar-refractivity contribution in [3.63, 3.8) is 0 Å². The van der Waals surface area contributed by atoms with Crippen LogP contribution in [0, 0.1) is 16.9 Å². The van der Waals surface area contributed by atoms with Gasteiger partial charge >= 0.3 is 87.1 Å². The van der Waals surface area contributed by atoms with Gasteiger partial charge in [-0.25, -0.2) is 0 Å². The van der Waals surface area contributed by atoms with Gasteiger partial charge in [0.2, 0.25) is 0 Å². The van der Waals surface area contributed by atoms with Crippen molar-refractivity contribution < 1.29 is 19.0 Å². The maximum absolute atomic E-state index is 10.3. The summed E-state index contributed by atoms with van der Waals surface area (Å²) in [4.78, 5) is 12.1. The molecule has 0 aromatic carbocycles. The van der Waals surface area contributed by atoms with E-state index in [1.807, 2.05) is 0 Å². The van der Waals surface area contributed by atoms with E-state index in [0.29, 0.717) is 0 Å². The van der Waals surface area contributed by atoms with Crippen LogP contribution in [-0.4, -0.2) is 40.4 Å². The standard InChI is InChI=1S/C6H7N3O4P2/c1-8(2-5(10)11)6(7)9(3-14-12)4-15-13/h7H,2H2,1H3,(H,10,11). The first kappa shape index (κ1) is 13.8. The van der Waals surface area contributed by atoms with Crippen LogP contribution >= 0.6 is 15.8 Å². The fourth-order valence-corrected chi connectivity index (χ4v) is 1.18. The van der Waals surface area contributed by atoms with Crippen molar-refractivity contribution in [1.29, 1.82) is 5.41 Å². The molecule has 0 amide bonds. The molecule has 0 atom stereocenters. The molecule has 0 radical (unpaired) electrons. The van der Waals surface area contributed by atoms with Crippen molar-refractivity contribution in [2.75, 3.05) is 13.6 Å². The first-order valence-electron chi connectivity index (χ1n) is 3.50. The van der Waals surface area contributed by atoms with Crippen molar-refractivity contribution in [3.05, 3.63) is 0 Å². The molecule has 0 saturated heterocycles. The summed E-state index contributed by atoms with van der Waals surface area (Å²) in [7, 11) is 0.297. The van der Waals surface area contributed by atoms with Gasteiger partial charge in [-0.3, -0.25) is 0 Å². The first-order chi connectivity index (χ1) is 7.02. The van der Waals surface area contributed by atoms with E-state index < -0.39 is 28.3 Å². The number of nitrogens with zero attached hydrogens (tertiary/aromatic N) is 2. The quantitative estimate of drug-likeness (QED) is 0.321. The Morgan fingerprint density at radius 2 is 1.87 bits per heavy atom. The Balaban J connectivity index is 4.81. The summed E-state index contributed by atoms with van der Waals surface area (Å²) in [6, 6.07) is 0. The summed E-state index contributed by atoms with van der Waals surface area (Å²) in [6.07, 6.45) is 0. The predicted octanol–water partition coefficient (Wildman–Crippen LogP) is 0.656. The van der Waals surface area contributed by atoms with Gasteiger partial charge in [0.1, 0.15) is 0 Å². The molecule has 9 heteroatoms. The van der Waals surface area contributed by atoms with Crippen molar-refractivity contribution in [2.24, 2.45) is 0 Å². The third-order valence-corrected chi connectivity index (χ3v) is 1.79. The van der Waals surface area contributed by atoms with E-state index in [2.05, 4.69) is 11.5 Å². The number of guanidine groups is 1. The molecule has 0 heterocycles. The number of hydrogen-bond acceptors (Lipinski definition) is 4. The monoisotopic (exact) mass is 247 g/mol. The Kier molecular flexibility index (Phi) is 6.52. The van der Waals surface area contributed by atoms with Gasteiger partial charge in [0, 0.05) is 0 Å². The van der Waals surface area contributed by atoms with Crippen LogP contribution in [-0.2, 0) is 13.9 Å². The van der Waals surface area contributed by atoms with Crippen molar-refractivity contribution in [1.82, 2.24) is 9.80 Å². The second-order valence-corrected chi connectivity index (χ2v) is 3.06. The number of rotatable bonds is 2. The van der Waals surface area contributed by atoms with Crippen LogP contribution in [0.1, 0.15) is 0 Å². The third-order valence-electron chi connectivity index (χ3n) is 1.23. The number of carboxylic acids is 1. The van der Waals surface area contributed by atoms with E-state index in [1.54, 1.807) is 0 Å². The minimum atomic E-state index is -1.12. The molecule has 2 N–H and O–H groups in total. The second-order valence-electron chi connectivity index (χ2n) is 2.29. The van der Waals surface area contributed by atoms with Crippen molar-refractivity contribution in [2.45, 2.75) is 0 Å². The molecule has 0 spiro atoms.